The predicted molar refractivity (Wildman–Crippen MR) is 70.5 cm³/mol. The number of nitrogens with zero attached hydrogens (tertiary/aromatic N) is 1. The van der Waals surface area contributed by atoms with E-state index >= 15 is 0 Å². The highest BCUT2D eigenvalue weighted by molar-refractivity contribution is 9.10. The van der Waals surface area contributed by atoms with E-state index < -0.39 is 0 Å². The monoisotopic (exact) mass is 303 g/mol. The molecule has 2 nitrogen and oxygen atoms in total. The van der Waals surface area contributed by atoms with E-state index in [4.69, 9.17) is 0 Å². The van der Waals surface area contributed by atoms with Crippen LogP contribution in [0.2, 0.25) is 0 Å². The Hall–Kier alpha value is 0.300. The number of carbonyl (C=O) groups excluding carboxylic acids is 1. The van der Waals surface area contributed by atoms with E-state index in [0.717, 1.165) is 5.92 Å². The molecule has 1 amide bonds. The third kappa shape index (κ3) is 1.23. The fourth-order valence-electron chi connectivity index (χ4n) is 3.49. The molecule has 0 aromatic rings. The van der Waals surface area contributed by atoms with Gasteiger partial charge in [0.25, 0.3) is 5.91 Å². The first-order valence-corrected chi connectivity index (χ1v) is 7.68. The molecule has 3 fully saturated rings. The van der Waals surface area contributed by atoms with Crippen LogP contribution in [-0.2, 0) is 4.79 Å². The predicted octanol–water partition coefficient (Wildman–Crippen LogP) is 3.21. The topological polar surface area (TPSA) is 20.3 Å². The minimum atomic E-state index is -0.228. The second-order valence-electron chi connectivity index (χ2n) is 6.33. The second-order valence-corrected chi connectivity index (χ2v) is 8.73. The molecule has 2 bridgehead atoms. The average molecular weight is 304 g/mol. The number of rotatable bonds is 0. The Balaban J connectivity index is 1.97. The van der Waals surface area contributed by atoms with Crippen molar-refractivity contribution in [1.29, 1.82) is 0 Å². The number of alkyl halides is 1. The molecule has 0 radical (unpaired) electrons. The fourth-order valence-corrected chi connectivity index (χ4v) is 6.48. The molecular formula is C12H18BrNOS. The summed E-state index contributed by atoms with van der Waals surface area (Å²) in [7, 11) is 0. The van der Waals surface area contributed by atoms with E-state index in [1.165, 1.54) is 19.3 Å². The standard InChI is InChI=1S/C12H18BrNOS/c1-11(2,3)14-10(15)12(13)8-5-4-7(6-8)9(12)16-14/h7-9H,4-6H2,1-3H3. The summed E-state index contributed by atoms with van der Waals surface area (Å²) in [6.45, 7) is 6.37. The van der Waals surface area contributed by atoms with Gasteiger partial charge < -0.3 is 0 Å². The number of halogens is 1. The van der Waals surface area contributed by atoms with Gasteiger partial charge in [0, 0.05) is 5.54 Å². The van der Waals surface area contributed by atoms with Gasteiger partial charge in [-0.15, -0.1) is 0 Å². The molecule has 2 saturated carbocycles. The molecule has 0 aromatic carbocycles. The molecule has 2 aliphatic carbocycles. The average Bonchev–Trinajstić information content (AvgIpc) is 2.77. The SMILES string of the molecule is CC(C)(C)N1SC2C3CCC(C3)C2(Br)C1=O. The molecule has 90 valence electrons. The van der Waals surface area contributed by atoms with Crippen molar-refractivity contribution in [1.82, 2.24) is 4.31 Å². The van der Waals surface area contributed by atoms with Gasteiger partial charge in [0.2, 0.25) is 0 Å². The van der Waals surface area contributed by atoms with Crippen LogP contribution >= 0.6 is 27.9 Å². The van der Waals surface area contributed by atoms with Gasteiger partial charge in [-0.3, -0.25) is 9.10 Å². The van der Waals surface area contributed by atoms with Crippen molar-refractivity contribution in [2.45, 2.75) is 55.1 Å². The molecule has 3 rings (SSSR count). The number of carbonyl (C=O) groups is 1. The maximum Gasteiger partial charge on any atom is 0.251 e. The normalized spacial score (nSPS) is 46.6. The minimum Gasteiger partial charge on any atom is -0.279 e. The van der Waals surface area contributed by atoms with E-state index in [1.54, 1.807) is 11.9 Å². The molecule has 4 atom stereocenters. The summed E-state index contributed by atoms with van der Waals surface area (Å²) in [5.41, 5.74) is -0.0632. The Labute approximate surface area is 110 Å². The van der Waals surface area contributed by atoms with Crippen LogP contribution in [0.1, 0.15) is 40.0 Å². The van der Waals surface area contributed by atoms with Gasteiger partial charge in [-0.1, -0.05) is 15.9 Å². The van der Waals surface area contributed by atoms with Crippen molar-refractivity contribution in [3.8, 4) is 0 Å². The zero-order chi connectivity index (χ0) is 11.7. The van der Waals surface area contributed by atoms with Gasteiger partial charge in [0.05, 0.1) is 5.25 Å². The van der Waals surface area contributed by atoms with Crippen LogP contribution in [0, 0.1) is 11.8 Å². The molecule has 4 heteroatoms. The largest absolute Gasteiger partial charge is 0.279 e. The Bertz CT molecular complexity index is 353. The Morgan fingerprint density at radius 3 is 2.69 bits per heavy atom. The van der Waals surface area contributed by atoms with Gasteiger partial charge >= 0.3 is 0 Å². The molecule has 0 aromatic heterocycles. The quantitative estimate of drug-likeness (QED) is 0.506. The molecular weight excluding hydrogens is 286 g/mol. The highest BCUT2D eigenvalue weighted by Gasteiger charge is 2.67. The number of hydrogen-bond donors (Lipinski definition) is 0. The second kappa shape index (κ2) is 3.19. The summed E-state index contributed by atoms with van der Waals surface area (Å²) in [6, 6.07) is 0. The maximum absolute atomic E-state index is 12.6. The zero-order valence-electron chi connectivity index (χ0n) is 10.00. The summed E-state index contributed by atoms with van der Waals surface area (Å²) < 4.78 is 1.78. The molecule has 0 N–H and O–H groups in total. The molecule has 4 unspecified atom stereocenters. The lowest BCUT2D eigenvalue weighted by Gasteiger charge is -2.32. The third-order valence-electron chi connectivity index (χ3n) is 4.25. The smallest absolute Gasteiger partial charge is 0.251 e. The first-order chi connectivity index (χ1) is 7.35. The molecule has 1 aliphatic heterocycles. The Morgan fingerprint density at radius 2 is 2.12 bits per heavy atom. The van der Waals surface area contributed by atoms with Gasteiger partial charge in [0.15, 0.2) is 0 Å². The van der Waals surface area contributed by atoms with E-state index in [-0.39, 0.29) is 9.86 Å². The lowest BCUT2D eigenvalue weighted by atomic mass is 9.87. The van der Waals surface area contributed by atoms with Crippen molar-refractivity contribution >= 4 is 33.8 Å². The third-order valence-corrected chi connectivity index (χ3v) is 7.94. The zero-order valence-corrected chi connectivity index (χ0v) is 12.4. The summed E-state index contributed by atoms with van der Waals surface area (Å²) in [5.74, 6) is 1.66. The molecule has 1 heterocycles. The first kappa shape index (κ1) is 11.4. The molecule has 0 spiro atoms. The highest BCUT2D eigenvalue weighted by Crippen LogP contribution is 2.64. The molecule has 3 aliphatic rings. The van der Waals surface area contributed by atoms with E-state index in [0.29, 0.717) is 17.1 Å². The molecule has 1 saturated heterocycles. The Morgan fingerprint density at radius 1 is 1.44 bits per heavy atom. The number of fused-ring (bicyclic) bond motifs is 5. The Kier molecular flexibility index (Phi) is 2.27. The lowest BCUT2D eigenvalue weighted by Crippen LogP contribution is -2.48. The number of amides is 1. The van der Waals surface area contributed by atoms with E-state index in [1.807, 2.05) is 4.31 Å². The van der Waals surface area contributed by atoms with Crippen LogP contribution < -0.4 is 0 Å². The van der Waals surface area contributed by atoms with Gasteiger partial charge in [-0.25, -0.2) is 0 Å². The van der Waals surface area contributed by atoms with Crippen molar-refractivity contribution in [2.24, 2.45) is 11.8 Å². The van der Waals surface area contributed by atoms with Gasteiger partial charge in [-0.2, -0.15) is 0 Å². The van der Waals surface area contributed by atoms with E-state index in [2.05, 4.69) is 36.7 Å². The van der Waals surface area contributed by atoms with Crippen LogP contribution in [0.3, 0.4) is 0 Å². The highest BCUT2D eigenvalue weighted by atomic mass is 79.9. The van der Waals surface area contributed by atoms with Crippen molar-refractivity contribution in [2.75, 3.05) is 0 Å². The summed E-state index contributed by atoms with van der Waals surface area (Å²) in [5, 5.41) is 0.484. The van der Waals surface area contributed by atoms with Crippen LogP contribution in [0.15, 0.2) is 0 Å². The summed E-state index contributed by atoms with van der Waals surface area (Å²) in [4.78, 5) is 12.6. The molecule has 16 heavy (non-hydrogen) atoms. The fraction of sp³-hybridized carbons (Fsp3) is 0.917. The van der Waals surface area contributed by atoms with Crippen LogP contribution in [-0.4, -0.2) is 25.3 Å². The minimum absolute atomic E-state index is 0.0632. The van der Waals surface area contributed by atoms with Gasteiger partial charge in [0.1, 0.15) is 4.32 Å². The lowest BCUT2D eigenvalue weighted by molar-refractivity contribution is -0.130. The first-order valence-electron chi connectivity index (χ1n) is 6.05. The van der Waals surface area contributed by atoms with Crippen molar-refractivity contribution in [3.05, 3.63) is 0 Å². The van der Waals surface area contributed by atoms with Gasteiger partial charge in [-0.05, 0) is 63.8 Å². The van der Waals surface area contributed by atoms with E-state index in [9.17, 15) is 4.79 Å². The van der Waals surface area contributed by atoms with Crippen molar-refractivity contribution in [3.63, 3.8) is 0 Å². The number of hydrogen-bond acceptors (Lipinski definition) is 2. The van der Waals surface area contributed by atoms with Crippen molar-refractivity contribution < 1.29 is 4.79 Å². The van der Waals surface area contributed by atoms with Crippen LogP contribution in [0.25, 0.3) is 0 Å². The van der Waals surface area contributed by atoms with Crippen LogP contribution in [0.5, 0.6) is 0 Å². The summed E-state index contributed by atoms with van der Waals surface area (Å²) in [6.07, 6.45) is 3.81. The maximum atomic E-state index is 12.6. The summed E-state index contributed by atoms with van der Waals surface area (Å²) >= 11 is 5.61. The van der Waals surface area contributed by atoms with Crippen LogP contribution in [0.4, 0.5) is 0 Å².